The van der Waals surface area contributed by atoms with E-state index in [-0.39, 0.29) is 6.04 Å². The van der Waals surface area contributed by atoms with Crippen molar-refractivity contribution in [2.75, 3.05) is 5.75 Å². The summed E-state index contributed by atoms with van der Waals surface area (Å²) in [4.78, 5) is 1.26. The topological polar surface area (TPSA) is 55.9 Å². The van der Waals surface area contributed by atoms with Gasteiger partial charge < -0.3 is 0 Å². The Morgan fingerprint density at radius 3 is 2.95 bits per heavy atom. The minimum absolute atomic E-state index is 0.0546. The molecule has 1 aromatic heterocycles. The molecular formula is C15H21BrN4S. The lowest BCUT2D eigenvalue weighted by atomic mass is 10.2. The molecule has 114 valence electrons. The smallest absolute Gasteiger partial charge is 0.0734 e. The predicted molar refractivity (Wildman–Crippen MR) is 92.2 cm³/mol. The monoisotopic (exact) mass is 368 g/mol. The largest absolute Gasteiger partial charge is 0.271 e. The summed E-state index contributed by atoms with van der Waals surface area (Å²) in [6.45, 7) is 5.15. The van der Waals surface area contributed by atoms with Crippen molar-refractivity contribution in [2.24, 2.45) is 5.84 Å². The number of nitrogens with zero attached hydrogens (tertiary/aromatic N) is 2. The fourth-order valence-corrected chi connectivity index (χ4v) is 3.83. The van der Waals surface area contributed by atoms with Gasteiger partial charge in [0.1, 0.15) is 0 Å². The number of nitrogens with one attached hydrogen (secondary N) is 1. The van der Waals surface area contributed by atoms with Crippen molar-refractivity contribution in [1.29, 1.82) is 0 Å². The molecule has 1 unspecified atom stereocenters. The molecule has 0 fully saturated rings. The molecule has 1 aromatic carbocycles. The molecule has 2 rings (SSSR count). The molecule has 0 radical (unpaired) electrons. The Bertz CT molecular complexity index is 585. The third-order valence-corrected chi connectivity index (χ3v) is 4.90. The summed E-state index contributed by atoms with van der Waals surface area (Å²) in [5.74, 6) is 6.62. The van der Waals surface area contributed by atoms with E-state index >= 15 is 0 Å². The summed E-state index contributed by atoms with van der Waals surface area (Å²) in [6.07, 6.45) is 2.89. The highest BCUT2D eigenvalue weighted by molar-refractivity contribution is 9.10. The minimum atomic E-state index is 0.0546. The lowest BCUT2D eigenvalue weighted by Gasteiger charge is -2.18. The molecule has 4 nitrogen and oxygen atoms in total. The first-order valence-electron chi connectivity index (χ1n) is 7.02. The number of aryl methyl sites for hydroxylation is 2. The number of halogens is 1. The van der Waals surface area contributed by atoms with E-state index in [1.165, 1.54) is 10.5 Å². The summed E-state index contributed by atoms with van der Waals surface area (Å²) < 4.78 is 3.02. The van der Waals surface area contributed by atoms with Gasteiger partial charge in [0, 0.05) is 17.2 Å². The van der Waals surface area contributed by atoms with Crippen LogP contribution in [0.2, 0.25) is 0 Å². The Kier molecular flexibility index (Phi) is 6.29. The van der Waals surface area contributed by atoms with Gasteiger partial charge in [-0.1, -0.05) is 24.6 Å². The van der Waals surface area contributed by atoms with Crippen molar-refractivity contribution in [3.63, 3.8) is 0 Å². The van der Waals surface area contributed by atoms with E-state index in [4.69, 9.17) is 5.84 Å². The summed E-state index contributed by atoms with van der Waals surface area (Å²) in [7, 11) is 0. The van der Waals surface area contributed by atoms with Crippen LogP contribution in [0.1, 0.15) is 30.6 Å². The third-order valence-electron chi connectivity index (χ3n) is 3.21. The number of rotatable bonds is 7. The Morgan fingerprint density at radius 1 is 1.48 bits per heavy atom. The van der Waals surface area contributed by atoms with E-state index in [2.05, 4.69) is 64.6 Å². The van der Waals surface area contributed by atoms with Crippen LogP contribution in [0.25, 0.3) is 0 Å². The van der Waals surface area contributed by atoms with Crippen LogP contribution in [0.15, 0.2) is 39.8 Å². The quantitative estimate of drug-likeness (QED) is 0.444. The second-order valence-electron chi connectivity index (χ2n) is 4.95. The molecule has 1 heterocycles. The zero-order chi connectivity index (χ0) is 15.2. The third kappa shape index (κ3) is 4.32. The molecule has 0 spiro atoms. The standard InChI is InChI=1S/C15H21BrN4S/c1-3-7-20-15(13(16)9-18-20)14(19-17)10-21-12-6-4-5-11(2)8-12/h4-6,8-9,14,19H,3,7,10,17H2,1-2H3. The van der Waals surface area contributed by atoms with E-state index in [0.717, 1.165) is 28.9 Å². The number of hydrogen-bond donors (Lipinski definition) is 2. The van der Waals surface area contributed by atoms with Crippen molar-refractivity contribution in [3.8, 4) is 0 Å². The minimum Gasteiger partial charge on any atom is -0.271 e. The second-order valence-corrected chi connectivity index (χ2v) is 6.90. The second kappa shape index (κ2) is 7.98. The first-order valence-corrected chi connectivity index (χ1v) is 8.80. The summed E-state index contributed by atoms with van der Waals surface area (Å²) in [6, 6.07) is 8.56. The fraction of sp³-hybridized carbons (Fsp3) is 0.400. The van der Waals surface area contributed by atoms with Gasteiger partial charge in [0.25, 0.3) is 0 Å². The van der Waals surface area contributed by atoms with E-state index in [0.29, 0.717) is 0 Å². The van der Waals surface area contributed by atoms with E-state index in [1.807, 2.05) is 10.9 Å². The molecule has 0 amide bonds. The molecule has 0 aliphatic heterocycles. The number of hydrogen-bond acceptors (Lipinski definition) is 4. The van der Waals surface area contributed by atoms with Gasteiger partial charge in [-0.05, 0) is 41.4 Å². The molecule has 3 N–H and O–H groups in total. The summed E-state index contributed by atoms with van der Waals surface area (Å²) in [5, 5.41) is 4.41. The zero-order valence-electron chi connectivity index (χ0n) is 12.3. The van der Waals surface area contributed by atoms with Crippen molar-refractivity contribution < 1.29 is 0 Å². The molecule has 0 bridgehead atoms. The van der Waals surface area contributed by atoms with Crippen molar-refractivity contribution in [2.45, 2.75) is 37.8 Å². The number of aromatic nitrogens is 2. The SMILES string of the molecule is CCCn1ncc(Br)c1C(CSc1cccc(C)c1)NN. The molecule has 0 saturated heterocycles. The van der Waals surface area contributed by atoms with Crippen LogP contribution in [0.4, 0.5) is 0 Å². The molecule has 6 heteroatoms. The van der Waals surface area contributed by atoms with Crippen LogP contribution in [0, 0.1) is 6.92 Å². The maximum atomic E-state index is 5.77. The Balaban J connectivity index is 2.11. The van der Waals surface area contributed by atoms with Crippen LogP contribution in [0.5, 0.6) is 0 Å². The van der Waals surface area contributed by atoms with Crippen LogP contribution >= 0.6 is 27.7 Å². The van der Waals surface area contributed by atoms with Gasteiger partial charge in [0.05, 0.1) is 22.4 Å². The molecule has 1 atom stereocenters. The lowest BCUT2D eigenvalue weighted by molar-refractivity contribution is 0.507. The Hall–Kier alpha value is -0.820. The normalized spacial score (nSPS) is 12.6. The fourth-order valence-electron chi connectivity index (χ4n) is 2.20. The highest BCUT2D eigenvalue weighted by atomic mass is 79.9. The van der Waals surface area contributed by atoms with E-state index in [1.54, 1.807) is 11.8 Å². The molecular weight excluding hydrogens is 348 g/mol. The molecule has 2 aromatic rings. The molecule has 0 aliphatic carbocycles. The zero-order valence-corrected chi connectivity index (χ0v) is 14.7. The number of benzene rings is 1. The van der Waals surface area contributed by atoms with Gasteiger partial charge in [0.15, 0.2) is 0 Å². The maximum Gasteiger partial charge on any atom is 0.0734 e. The first kappa shape index (κ1) is 16.5. The highest BCUT2D eigenvalue weighted by Crippen LogP contribution is 2.29. The van der Waals surface area contributed by atoms with Gasteiger partial charge in [-0.2, -0.15) is 5.10 Å². The summed E-state index contributed by atoms with van der Waals surface area (Å²) in [5.41, 5.74) is 5.30. The molecule has 0 saturated carbocycles. The van der Waals surface area contributed by atoms with Gasteiger partial charge in [-0.25, -0.2) is 0 Å². The number of nitrogens with two attached hydrogens (primary N) is 1. The van der Waals surface area contributed by atoms with Crippen LogP contribution in [0.3, 0.4) is 0 Å². The predicted octanol–water partition coefficient (Wildman–Crippen LogP) is 3.66. The maximum absolute atomic E-state index is 5.77. The number of thioether (sulfide) groups is 1. The Morgan fingerprint density at radius 2 is 2.29 bits per heavy atom. The van der Waals surface area contributed by atoms with Crippen LogP contribution in [-0.4, -0.2) is 15.5 Å². The van der Waals surface area contributed by atoms with Crippen molar-refractivity contribution >= 4 is 27.7 Å². The average molecular weight is 369 g/mol. The average Bonchev–Trinajstić information content (AvgIpc) is 2.82. The molecule has 21 heavy (non-hydrogen) atoms. The van der Waals surface area contributed by atoms with Crippen LogP contribution in [-0.2, 0) is 6.54 Å². The first-order chi connectivity index (χ1) is 10.2. The highest BCUT2D eigenvalue weighted by Gasteiger charge is 2.19. The van der Waals surface area contributed by atoms with Crippen molar-refractivity contribution in [3.05, 3.63) is 46.2 Å². The number of hydrazine groups is 1. The van der Waals surface area contributed by atoms with E-state index < -0.39 is 0 Å². The lowest BCUT2D eigenvalue weighted by Crippen LogP contribution is -2.32. The van der Waals surface area contributed by atoms with Gasteiger partial charge in [-0.15, -0.1) is 11.8 Å². The van der Waals surface area contributed by atoms with Gasteiger partial charge in [0.2, 0.25) is 0 Å². The van der Waals surface area contributed by atoms with E-state index in [9.17, 15) is 0 Å². The summed E-state index contributed by atoms with van der Waals surface area (Å²) >= 11 is 5.37. The molecule has 0 aliphatic rings. The van der Waals surface area contributed by atoms with Gasteiger partial charge >= 0.3 is 0 Å². The Labute approximate surface area is 138 Å². The van der Waals surface area contributed by atoms with Crippen molar-refractivity contribution in [1.82, 2.24) is 15.2 Å². The van der Waals surface area contributed by atoms with Crippen LogP contribution < -0.4 is 11.3 Å². The van der Waals surface area contributed by atoms with Gasteiger partial charge in [-0.3, -0.25) is 16.0 Å².